The Morgan fingerprint density at radius 1 is 1.27 bits per heavy atom. The maximum Gasteiger partial charge on any atom is 0.412 e. The summed E-state index contributed by atoms with van der Waals surface area (Å²) in [4.78, 5) is 17.2. The first-order valence-corrected chi connectivity index (χ1v) is 7.81. The van der Waals surface area contributed by atoms with Gasteiger partial charge in [0.2, 0.25) is 0 Å². The Bertz CT molecular complexity index is 768. The molecule has 3 aromatic rings. The SMILES string of the molecule is CC(C)(C)OC(=O)Nc1ccc(-c2cn3ccsc3n2)cc1. The minimum Gasteiger partial charge on any atom is -0.444 e. The zero-order valence-corrected chi connectivity index (χ0v) is 13.5. The van der Waals surface area contributed by atoms with Gasteiger partial charge in [-0.2, -0.15) is 0 Å². The average Bonchev–Trinajstić information content (AvgIpc) is 2.97. The standard InChI is InChI=1S/C16H17N3O2S/c1-16(2,3)21-15(20)17-12-6-4-11(5-7-12)13-10-19-8-9-22-14(19)18-13/h4-10H,1-3H3,(H,17,20). The Morgan fingerprint density at radius 2 is 2.00 bits per heavy atom. The van der Waals surface area contributed by atoms with E-state index in [0.717, 1.165) is 16.2 Å². The molecule has 0 aliphatic carbocycles. The zero-order valence-electron chi connectivity index (χ0n) is 12.7. The molecule has 0 bridgehead atoms. The van der Waals surface area contributed by atoms with Gasteiger partial charge >= 0.3 is 6.09 Å². The molecule has 22 heavy (non-hydrogen) atoms. The van der Waals surface area contributed by atoms with Crippen LogP contribution in [0.4, 0.5) is 10.5 Å². The van der Waals surface area contributed by atoms with E-state index in [4.69, 9.17) is 4.74 Å². The second kappa shape index (κ2) is 5.46. The average molecular weight is 315 g/mol. The van der Waals surface area contributed by atoms with E-state index in [0.29, 0.717) is 5.69 Å². The quantitative estimate of drug-likeness (QED) is 0.762. The van der Waals surface area contributed by atoms with E-state index < -0.39 is 11.7 Å². The predicted molar refractivity (Wildman–Crippen MR) is 88.4 cm³/mol. The molecule has 0 aliphatic heterocycles. The van der Waals surface area contributed by atoms with Gasteiger partial charge in [-0.15, -0.1) is 11.3 Å². The Kier molecular flexibility index (Phi) is 3.62. The van der Waals surface area contributed by atoms with Crippen LogP contribution in [0.3, 0.4) is 0 Å². The second-order valence-electron chi connectivity index (χ2n) is 5.92. The zero-order chi connectivity index (χ0) is 15.7. The molecular weight excluding hydrogens is 298 g/mol. The van der Waals surface area contributed by atoms with Gasteiger partial charge in [-0.1, -0.05) is 12.1 Å². The fraction of sp³-hybridized carbons (Fsp3) is 0.250. The number of ether oxygens (including phenoxy) is 1. The highest BCUT2D eigenvalue weighted by molar-refractivity contribution is 7.15. The van der Waals surface area contributed by atoms with Crippen molar-refractivity contribution in [2.24, 2.45) is 0 Å². The van der Waals surface area contributed by atoms with Crippen LogP contribution in [0.25, 0.3) is 16.2 Å². The first-order chi connectivity index (χ1) is 10.4. The highest BCUT2D eigenvalue weighted by Gasteiger charge is 2.16. The number of aromatic nitrogens is 2. The Morgan fingerprint density at radius 3 is 2.64 bits per heavy atom. The highest BCUT2D eigenvalue weighted by atomic mass is 32.1. The van der Waals surface area contributed by atoms with Crippen molar-refractivity contribution in [2.75, 3.05) is 5.32 Å². The van der Waals surface area contributed by atoms with Crippen molar-refractivity contribution < 1.29 is 9.53 Å². The van der Waals surface area contributed by atoms with Gasteiger partial charge in [0, 0.05) is 29.0 Å². The normalized spacial score (nSPS) is 11.6. The third-order valence-corrected chi connectivity index (χ3v) is 3.69. The number of anilines is 1. The molecule has 0 spiro atoms. The number of hydrogen-bond donors (Lipinski definition) is 1. The summed E-state index contributed by atoms with van der Waals surface area (Å²) in [5.74, 6) is 0. The minimum atomic E-state index is -0.508. The molecule has 114 valence electrons. The number of fused-ring (bicyclic) bond motifs is 1. The van der Waals surface area contributed by atoms with Crippen LogP contribution in [0.1, 0.15) is 20.8 Å². The van der Waals surface area contributed by atoms with Crippen molar-refractivity contribution >= 4 is 28.1 Å². The van der Waals surface area contributed by atoms with Crippen LogP contribution in [0.15, 0.2) is 42.0 Å². The maximum absolute atomic E-state index is 11.7. The molecule has 0 unspecified atom stereocenters. The van der Waals surface area contributed by atoms with Gasteiger partial charge in [0.15, 0.2) is 4.96 Å². The predicted octanol–water partition coefficient (Wildman–Crippen LogP) is 4.41. The van der Waals surface area contributed by atoms with Gasteiger partial charge in [-0.05, 0) is 32.9 Å². The molecule has 2 aromatic heterocycles. The summed E-state index contributed by atoms with van der Waals surface area (Å²) in [5, 5.41) is 4.71. The van der Waals surface area contributed by atoms with Gasteiger partial charge < -0.3 is 4.74 Å². The number of amides is 1. The maximum atomic E-state index is 11.7. The van der Waals surface area contributed by atoms with E-state index in [1.165, 1.54) is 0 Å². The van der Waals surface area contributed by atoms with E-state index in [2.05, 4.69) is 10.3 Å². The lowest BCUT2D eigenvalue weighted by molar-refractivity contribution is 0.0636. The van der Waals surface area contributed by atoms with E-state index >= 15 is 0 Å². The molecule has 3 rings (SSSR count). The molecular formula is C16H17N3O2S. The molecule has 0 saturated heterocycles. The molecule has 5 nitrogen and oxygen atoms in total. The Labute approximate surface area is 132 Å². The van der Waals surface area contributed by atoms with Crippen molar-refractivity contribution in [1.29, 1.82) is 0 Å². The summed E-state index contributed by atoms with van der Waals surface area (Å²) in [6, 6.07) is 7.54. The summed E-state index contributed by atoms with van der Waals surface area (Å²) >= 11 is 1.60. The van der Waals surface area contributed by atoms with Crippen LogP contribution < -0.4 is 5.32 Å². The molecule has 0 radical (unpaired) electrons. The number of rotatable bonds is 2. The van der Waals surface area contributed by atoms with Gasteiger partial charge in [-0.3, -0.25) is 9.72 Å². The number of carbonyl (C=O) groups excluding carboxylic acids is 1. The molecule has 0 fully saturated rings. The van der Waals surface area contributed by atoms with E-state index in [-0.39, 0.29) is 0 Å². The van der Waals surface area contributed by atoms with Crippen LogP contribution in [-0.4, -0.2) is 21.1 Å². The fourth-order valence-corrected chi connectivity index (χ4v) is 2.71. The Balaban J connectivity index is 1.72. The topological polar surface area (TPSA) is 55.6 Å². The number of carbonyl (C=O) groups is 1. The smallest absolute Gasteiger partial charge is 0.412 e. The van der Waals surface area contributed by atoms with Crippen molar-refractivity contribution in [3.05, 3.63) is 42.0 Å². The molecule has 0 atom stereocenters. The largest absolute Gasteiger partial charge is 0.444 e. The summed E-state index contributed by atoms with van der Waals surface area (Å²) in [6.07, 6.45) is 3.51. The molecule has 2 heterocycles. The molecule has 6 heteroatoms. The van der Waals surface area contributed by atoms with E-state index in [9.17, 15) is 4.79 Å². The number of hydrogen-bond acceptors (Lipinski definition) is 4. The third-order valence-electron chi connectivity index (χ3n) is 2.92. The molecule has 1 amide bonds. The van der Waals surface area contributed by atoms with Gasteiger partial charge in [-0.25, -0.2) is 9.78 Å². The number of benzene rings is 1. The van der Waals surface area contributed by atoms with E-state index in [1.807, 2.05) is 67.2 Å². The van der Waals surface area contributed by atoms with Crippen LogP contribution in [0.5, 0.6) is 0 Å². The monoisotopic (exact) mass is 315 g/mol. The van der Waals surface area contributed by atoms with Crippen molar-refractivity contribution in [3.63, 3.8) is 0 Å². The highest BCUT2D eigenvalue weighted by Crippen LogP contribution is 2.23. The number of thiazole rings is 1. The Hall–Kier alpha value is -2.34. The lowest BCUT2D eigenvalue weighted by atomic mass is 10.1. The van der Waals surface area contributed by atoms with Crippen molar-refractivity contribution in [2.45, 2.75) is 26.4 Å². The molecule has 0 aliphatic rings. The van der Waals surface area contributed by atoms with Crippen LogP contribution in [0, 0.1) is 0 Å². The summed E-state index contributed by atoms with van der Waals surface area (Å²) < 4.78 is 7.21. The second-order valence-corrected chi connectivity index (χ2v) is 6.80. The van der Waals surface area contributed by atoms with Crippen LogP contribution >= 0.6 is 11.3 Å². The lowest BCUT2D eigenvalue weighted by Crippen LogP contribution is -2.27. The number of imidazole rings is 1. The van der Waals surface area contributed by atoms with Crippen molar-refractivity contribution in [3.8, 4) is 11.3 Å². The number of nitrogens with one attached hydrogen (secondary N) is 1. The van der Waals surface area contributed by atoms with Gasteiger partial charge in [0.05, 0.1) is 5.69 Å². The fourth-order valence-electron chi connectivity index (χ4n) is 2.01. The minimum absolute atomic E-state index is 0.456. The van der Waals surface area contributed by atoms with Gasteiger partial charge in [0.25, 0.3) is 0 Å². The third kappa shape index (κ3) is 3.28. The van der Waals surface area contributed by atoms with Crippen molar-refractivity contribution in [1.82, 2.24) is 9.38 Å². The first-order valence-electron chi connectivity index (χ1n) is 6.93. The van der Waals surface area contributed by atoms with Gasteiger partial charge in [0.1, 0.15) is 5.60 Å². The molecule has 1 aromatic carbocycles. The first kappa shape index (κ1) is 14.6. The summed E-state index contributed by atoms with van der Waals surface area (Å²) in [6.45, 7) is 5.50. The molecule has 1 N–H and O–H groups in total. The van der Waals surface area contributed by atoms with Crippen LogP contribution in [0.2, 0.25) is 0 Å². The number of nitrogens with zero attached hydrogens (tertiary/aromatic N) is 2. The van der Waals surface area contributed by atoms with Crippen LogP contribution in [-0.2, 0) is 4.74 Å². The lowest BCUT2D eigenvalue weighted by Gasteiger charge is -2.19. The summed E-state index contributed by atoms with van der Waals surface area (Å²) in [5.41, 5.74) is 2.10. The van der Waals surface area contributed by atoms with E-state index in [1.54, 1.807) is 11.3 Å². The summed E-state index contributed by atoms with van der Waals surface area (Å²) in [7, 11) is 0. The molecule has 0 saturated carbocycles.